The quantitative estimate of drug-likeness (QED) is 0.268. The largest absolute Gasteiger partial charge is 0.275 e. The van der Waals surface area contributed by atoms with E-state index in [-0.39, 0.29) is 5.91 Å². The molecule has 4 aromatic rings. The maximum absolute atomic E-state index is 13.6. The highest BCUT2D eigenvalue weighted by Crippen LogP contribution is 2.42. The fraction of sp³-hybridized carbons (Fsp3) is 0.148. The van der Waals surface area contributed by atoms with Crippen LogP contribution in [0.25, 0.3) is 33.3 Å². The lowest BCUT2D eigenvalue weighted by atomic mass is 9.98. The van der Waals surface area contributed by atoms with Crippen molar-refractivity contribution in [2.45, 2.75) is 26.2 Å². The number of halogens is 1. The van der Waals surface area contributed by atoms with Gasteiger partial charge in [-0.3, -0.25) is 9.36 Å². The minimum atomic E-state index is -0.0307. The van der Waals surface area contributed by atoms with Crippen LogP contribution in [-0.2, 0) is 0 Å². The Kier molecular flexibility index (Phi) is 6.01. The summed E-state index contributed by atoms with van der Waals surface area (Å²) in [6.07, 6.45) is 2.70. The number of benzene rings is 3. The van der Waals surface area contributed by atoms with Crippen LogP contribution in [0.4, 0.5) is 0 Å². The Balaban J connectivity index is 2.08. The van der Waals surface area contributed by atoms with E-state index in [0.29, 0.717) is 12.0 Å². The molecule has 30 heavy (non-hydrogen) atoms. The summed E-state index contributed by atoms with van der Waals surface area (Å²) in [6.45, 7) is 6.26. The van der Waals surface area contributed by atoms with Crippen molar-refractivity contribution in [3.8, 4) is 22.4 Å². The van der Waals surface area contributed by atoms with E-state index in [1.165, 1.54) is 0 Å². The molecule has 0 aliphatic heterocycles. The van der Waals surface area contributed by atoms with Crippen LogP contribution in [0, 0.1) is 0 Å². The summed E-state index contributed by atoms with van der Waals surface area (Å²) in [7, 11) is 0. The zero-order chi connectivity index (χ0) is 21.1. The molecular weight excluding hydrogens is 434 g/mol. The molecule has 0 radical (unpaired) electrons. The fourth-order valence-corrected chi connectivity index (χ4v) is 4.26. The molecule has 0 saturated carbocycles. The van der Waals surface area contributed by atoms with Gasteiger partial charge in [-0.15, -0.1) is 0 Å². The number of carbonyl (C=O) groups excluding carboxylic acids is 1. The Labute approximate surface area is 186 Å². The first-order chi connectivity index (χ1) is 14.6. The van der Waals surface area contributed by atoms with Gasteiger partial charge in [-0.2, -0.15) is 0 Å². The van der Waals surface area contributed by atoms with Crippen molar-refractivity contribution in [3.05, 3.63) is 95.5 Å². The zero-order valence-electron chi connectivity index (χ0n) is 17.1. The number of allylic oxidation sites excluding steroid dienone is 1. The first-order valence-corrected chi connectivity index (χ1v) is 11.1. The van der Waals surface area contributed by atoms with E-state index in [1.807, 2.05) is 53.1 Å². The van der Waals surface area contributed by atoms with Gasteiger partial charge < -0.3 is 0 Å². The van der Waals surface area contributed by atoms with Crippen LogP contribution in [0.1, 0.15) is 31.0 Å². The molecule has 0 atom stereocenters. The minimum absolute atomic E-state index is 0.0307. The van der Waals surface area contributed by atoms with Gasteiger partial charge in [0.2, 0.25) is 0 Å². The Morgan fingerprint density at radius 1 is 0.933 bits per heavy atom. The molecule has 4 rings (SSSR count). The van der Waals surface area contributed by atoms with Gasteiger partial charge in [0.25, 0.3) is 5.91 Å². The van der Waals surface area contributed by atoms with E-state index < -0.39 is 0 Å². The molecule has 0 unspecified atom stereocenters. The summed E-state index contributed by atoms with van der Waals surface area (Å²) in [6, 6.07) is 26.5. The number of nitrogens with zero attached hydrogens (tertiary/aromatic N) is 1. The molecule has 1 aromatic heterocycles. The Hall–Kier alpha value is -2.91. The molecule has 0 bridgehead atoms. The molecule has 0 aliphatic rings. The van der Waals surface area contributed by atoms with E-state index >= 15 is 0 Å². The lowest BCUT2D eigenvalue weighted by Crippen LogP contribution is -2.14. The molecule has 150 valence electrons. The number of carbonyl (C=O) groups is 1. The van der Waals surface area contributed by atoms with Crippen molar-refractivity contribution in [1.82, 2.24) is 4.57 Å². The van der Waals surface area contributed by atoms with Crippen LogP contribution in [-0.4, -0.2) is 10.5 Å². The Morgan fingerprint density at radius 3 is 2.20 bits per heavy atom. The second-order valence-electron chi connectivity index (χ2n) is 7.46. The number of rotatable bonds is 6. The Morgan fingerprint density at radius 2 is 1.57 bits per heavy atom. The second-order valence-corrected chi connectivity index (χ2v) is 8.38. The third-order valence-electron chi connectivity index (χ3n) is 5.38. The van der Waals surface area contributed by atoms with Crippen molar-refractivity contribution in [2.75, 3.05) is 0 Å². The van der Waals surface area contributed by atoms with E-state index in [0.717, 1.165) is 50.6 Å². The zero-order valence-corrected chi connectivity index (χ0v) is 18.7. The standard InChI is InChI=1S/C27H24BrNO/c1-3-4-11-19(2)27(30)29-24-17-16-22(28)18-23(24)25(20-12-7-5-8-13-20)26(29)21-14-9-6-10-15-21/h5-10,12-18H,2-4,11H2,1H3. The molecule has 0 saturated heterocycles. The lowest BCUT2D eigenvalue weighted by molar-refractivity contribution is 0.0958. The lowest BCUT2D eigenvalue weighted by Gasteiger charge is -2.13. The molecule has 0 fully saturated rings. The first-order valence-electron chi connectivity index (χ1n) is 10.3. The summed E-state index contributed by atoms with van der Waals surface area (Å²) >= 11 is 3.62. The van der Waals surface area contributed by atoms with E-state index in [4.69, 9.17) is 0 Å². The first kappa shape index (κ1) is 20.4. The van der Waals surface area contributed by atoms with E-state index in [2.05, 4.69) is 59.8 Å². The van der Waals surface area contributed by atoms with E-state index in [9.17, 15) is 4.79 Å². The van der Waals surface area contributed by atoms with Crippen LogP contribution in [0.15, 0.2) is 95.5 Å². The van der Waals surface area contributed by atoms with Gasteiger partial charge in [-0.25, -0.2) is 0 Å². The fourth-order valence-electron chi connectivity index (χ4n) is 3.90. The number of fused-ring (bicyclic) bond motifs is 1. The highest BCUT2D eigenvalue weighted by Gasteiger charge is 2.24. The average Bonchev–Trinajstić information content (AvgIpc) is 3.12. The predicted molar refractivity (Wildman–Crippen MR) is 130 cm³/mol. The van der Waals surface area contributed by atoms with Crippen molar-refractivity contribution < 1.29 is 4.79 Å². The van der Waals surface area contributed by atoms with Gasteiger partial charge in [0.1, 0.15) is 0 Å². The third kappa shape index (κ3) is 3.78. The molecule has 0 spiro atoms. The second kappa shape index (κ2) is 8.85. The minimum Gasteiger partial charge on any atom is -0.275 e. The molecule has 2 nitrogen and oxygen atoms in total. The number of hydrogen-bond donors (Lipinski definition) is 0. The number of hydrogen-bond acceptors (Lipinski definition) is 1. The molecule has 0 amide bonds. The summed E-state index contributed by atoms with van der Waals surface area (Å²) in [5, 5.41) is 1.05. The smallest absolute Gasteiger partial charge is 0.258 e. The summed E-state index contributed by atoms with van der Waals surface area (Å²) in [5.41, 5.74) is 5.63. The van der Waals surface area contributed by atoms with Gasteiger partial charge in [-0.1, -0.05) is 96.5 Å². The van der Waals surface area contributed by atoms with Crippen molar-refractivity contribution in [3.63, 3.8) is 0 Å². The monoisotopic (exact) mass is 457 g/mol. The van der Waals surface area contributed by atoms with Gasteiger partial charge in [0, 0.05) is 21.0 Å². The molecule has 0 aliphatic carbocycles. The molecule has 0 N–H and O–H groups in total. The van der Waals surface area contributed by atoms with Crippen molar-refractivity contribution in [1.29, 1.82) is 0 Å². The van der Waals surface area contributed by atoms with Gasteiger partial charge in [0.05, 0.1) is 11.2 Å². The van der Waals surface area contributed by atoms with Crippen molar-refractivity contribution in [2.24, 2.45) is 0 Å². The highest BCUT2D eigenvalue weighted by atomic mass is 79.9. The van der Waals surface area contributed by atoms with Crippen LogP contribution in [0.3, 0.4) is 0 Å². The van der Waals surface area contributed by atoms with Crippen molar-refractivity contribution >= 4 is 32.7 Å². The van der Waals surface area contributed by atoms with Gasteiger partial charge >= 0.3 is 0 Å². The SMILES string of the molecule is C=C(CCCC)C(=O)n1c(-c2ccccc2)c(-c2ccccc2)c2cc(Br)ccc21. The van der Waals surface area contributed by atoms with Gasteiger partial charge in [0.15, 0.2) is 0 Å². The third-order valence-corrected chi connectivity index (χ3v) is 5.87. The highest BCUT2D eigenvalue weighted by molar-refractivity contribution is 9.10. The van der Waals surface area contributed by atoms with Crippen LogP contribution < -0.4 is 0 Å². The normalized spacial score (nSPS) is 11.0. The summed E-state index contributed by atoms with van der Waals surface area (Å²) in [5.74, 6) is -0.0307. The van der Waals surface area contributed by atoms with Crippen LogP contribution in [0.2, 0.25) is 0 Å². The van der Waals surface area contributed by atoms with Crippen LogP contribution >= 0.6 is 15.9 Å². The van der Waals surface area contributed by atoms with E-state index in [1.54, 1.807) is 0 Å². The molecule has 1 heterocycles. The van der Waals surface area contributed by atoms with Crippen LogP contribution in [0.5, 0.6) is 0 Å². The molecular formula is C27H24BrNO. The summed E-state index contributed by atoms with van der Waals surface area (Å²) in [4.78, 5) is 13.6. The maximum atomic E-state index is 13.6. The summed E-state index contributed by atoms with van der Waals surface area (Å²) < 4.78 is 2.85. The molecule has 3 heteroatoms. The Bertz CT molecular complexity index is 1210. The van der Waals surface area contributed by atoms with Gasteiger partial charge in [-0.05, 0) is 42.2 Å². The maximum Gasteiger partial charge on any atom is 0.258 e. The average molecular weight is 458 g/mol. The molecule has 3 aromatic carbocycles. The number of unbranched alkanes of at least 4 members (excludes halogenated alkanes) is 1. The predicted octanol–water partition coefficient (Wildman–Crippen LogP) is 8.12. The number of aromatic nitrogens is 1. The topological polar surface area (TPSA) is 22.0 Å².